The van der Waals surface area contributed by atoms with Gasteiger partial charge in [0.05, 0.1) is 33.9 Å². The van der Waals surface area contributed by atoms with Crippen LogP contribution in [0.1, 0.15) is 32.6 Å². The zero-order valence-electron chi connectivity index (χ0n) is 10.7. The summed E-state index contributed by atoms with van der Waals surface area (Å²) in [5, 5.41) is 0. The Balaban J connectivity index is 0. The minimum atomic E-state index is -3.70. The molecule has 0 heterocycles. The molecule has 0 fully saturated rings. The molecular weight excluding hydrogens is 214 g/mol. The third kappa shape index (κ3) is 41.4. The predicted octanol–water partition coefficient (Wildman–Crippen LogP) is 1.78. The van der Waals surface area contributed by atoms with E-state index >= 15 is 0 Å². The van der Waals surface area contributed by atoms with Crippen LogP contribution in [0, 0.1) is 0 Å². The number of quaternary nitrogens is 1. The molecule has 0 unspecified atom stereocenters. The Bertz CT molecular complexity index is 224. The number of hydrogen-bond acceptors (Lipinski definition) is 2. The van der Waals surface area contributed by atoms with Crippen molar-refractivity contribution >= 4 is 10.1 Å². The summed E-state index contributed by atoms with van der Waals surface area (Å²) in [6, 6.07) is 0. The number of rotatable bonds is 5. The Labute approximate surface area is 94.6 Å². The zero-order valence-corrected chi connectivity index (χ0v) is 11.5. The first kappa shape index (κ1) is 17.3. The average molecular weight is 240 g/mol. The third-order valence-electron chi connectivity index (χ3n) is 1.26. The molecule has 0 bridgehead atoms. The molecule has 0 aliphatic rings. The monoisotopic (exact) mass is 240 g/mol. The van der Waals surface area contributed by atoms with Gasteiger partial charge in [-0.2, -0.15) is 8.42 Å². The van der Waals surface area contributed by atoms with Crippen molar-refractivity contribution in [1.82, 2.24) is 0 Å². The average Bonchev–Trinajstić information content (AvgIpc) is 1.93. The fourth-order valence-corrected chi connectivity index (χ4v) is 1.28. The molecule has 94 valence electrons. The predicted molar refractivity (Wildman–Crippen MR) is 64.5 cm³/mol. The lowest BCUT2D eigenvalue weighted by molar-refractivity contribution is -0.849. The van der Waals surface area contributed by atoms with Gasteiger partial charge in [-0.05, 0) is 6.42 Å². The summed E-state index contributed by atoms with van der Waals surface area (Å²) >= 11 is 0. The zero-order chi connectivity index (χ0) is 12.5. The number of hydrogen-bond donors (Lipinski definition) is 1. The summed E-state index contributed by atoms with van der Waals surface area (Å²) in [6.07, 6.45) is 3.57. The molecule has 0 radical (unpaired) electrons. The molecule has 1 N–H and O–H groups in total. The van der Waals surface area contributed by atoms with Crippen molar-refractivity contribution in [3.8, 4) is 0 Å². The van der Waals surface area contributed by atoms with Gasteiger partial charge in [-0.15, -0.1) is 0 Å². The van der Waals surface area contributed by atoms with Crippen LogP contribution in [0.4, 0.5) is 0 Å². The van der Waals surface area contributed by atoms with E-state index in [1.54, 1.807) is 0 Å². The molecule has 0 aromatic carbocycles. The van der Waals surface area contributed by atoms with E-state index in [4.69, 9.17) is 4.55 Å². The van der Waals surface area contributed by atoms with Crippen LogP contribution in [-0.2, 0) is 10.1 Å². The fraction of sp³-hybridized carbons (Fsp3) is 1.00. The first-order valence-electron chi connectivity index (χ1n) is 5.30. The van der Waals surface area contributed by atoms with Crippen LogP contribution in [0.2, 0.25) is 0 Å². The maximum atomic E-state index is 10.1. The van der Waals surface area contributed by atoms with Crippen molar-refractivity contribution in [2.45, 2.75) is 32.6 Å². The minimum Gasteiger partial charge on any atom is -0.333 e. The molecule has 0 aliphatic carbocycles. The Hall–Kier alpha value is -0.130. The summed E-state index contributed by atoms with van der Waals surface area (Å²) in [5.74, 6) is -0.0903. The minimum absolute atomic E-state index is 0.0903. The summed E-state index contributed by atoms with van der Waals surface area (Å²) < 4.78 is 29.6. The molecule has 0 saturated heterocycles. The highest BCUT2D eigenvalue weighted by molar-refractivity contribution is 7.85. The van der Waals surface area contributed by atoms with Crippen LogP contribution in [0.3, 0.4) is 0 Å². The van der Waals surface area contributed by atoms with E-state index in [9.17, 15) is 8.42 Å². The standard InChI is InChI=1S/C6H14O3S.C4H12N/c1-2-3-4-5-6-10(7,8)9;1-5(2,3)4/h2-6H2,1H3,(H,7,8,9);1-4H3/q;+1. The number of nitrogens with zero attached hydrogens (tertiary/aromatic N) is 1. The fourth-order valence-electron chi connectivity index (χ4n) is 0.711. The van der Waals surface area contributed by atoms with E-state index in [-0.39, 0.29) is 5.75 Å². The summed E-state index contributed by atoms with van der Waals surface area (Å²) in [5.41, 5.74) is 0. The highest BCUT2D eigenvalue weighted by Crippen LogP contribution is 2.00. The molecule has 0 rings (SSSR count). The SMILES string of the molecule is CCCCCCS(=O)(=O)O.C[N+](C)(C)C. The molecule has 5 heteroatoms. The maximum Gasteiger partial charge on any atom is 0.264 e. The molecule has 15 heavy (non-hydrogen) atoms. The molecule has 0 aromatic rings. The lowest BCUT2D eigenvalue weighted by atomic mass is 10.2. The van der Waals surface area contributed by atoms with E-state index in [2.05, 4.69) is 28.2 Å². The quantitative estimate of drug-likeness (QED) is 0.453. The van der Waals surface area contributed by atoms with E-state index in [1.165, 1.54) is 0 Å². The van der Waals surface area contributed by atoms with Gasteiger partial charge in [-0.3, -0.25) is 4.55 Å². The van der Waals surface area contributed by atoms with Crippen LogP contribution in [0.25, 0.3) is 0 Å². The molecule has 0 atom stereocenters. The van der Waals surface area contributed by atoms with Gasteiger partial charge in [0.15, 0.2) is 0 Å². The first-order valence-corrected chi connectivity index (χ1v) is 6.91. The second-order valence-corrected chi connectivity index (χ2v) is 6.60. The van der Waals surface area contributed by atoms with Crippen LogP contribution >= 0.6 is 0 Å². The van der Waals surface area contributed by atoms with Gasteiger partial charge in [-0.1, -0.05) is 26.2 Å². The van der Waals surface area contributed by atoms with Crippen molar-refractivity contribution in [1.29, 1.82) is 0 Å². The highest BCUT2D eigenvalue weighted by atomic mass is 32.2. The second kappa shape index (κ2) is 8.07. The Morgan fingerprint density at radius 3 is 1.67 bits per heavy atom. The molecule has 0 amide bonds. The van der Waals surface area contributed by atoms with Gasteiger partial charge in [0.25, 0.3) is 10.1 Å². The Kier molecular flexibility index (Phi) is 9.29. The maximum absolute atomic E-state index is 10.1. The van der Waals surface area contributed by atoms with Gasteiger partial charge < -0.3 is 4.48 Å². The second-order valence-electron chi connectivity index (χ2n) is 5.03. The summed E-state index contributed by atoms with van der Waals surface area (Å²) in [6.45, 7) is 2.05. The lowest BCUT2D eigenvalue weighted by Gasteiger charge is -2.14. The molecule has 4 nitrogen and oxygen atoms in total. The van der Waals surface area contributed by atoms with Crippen molar-refractivity contribution in [2.24, 2.45) is 0 Å². The van der Waals surface area contributed by atoms with E-state index in [0.717, 1.165) is 23.7 Å². The molecular formula is C10H26NO3S+. The first-order chi connectivity index (χ1) is 6.56. The van der Waals surface area contributed by atoms with Crippen LogP contribution in [0.5, 0.6) is 0 Å². The summed E-state index contributed by atoms with van der Waals surface area (Å²) in [7, 11) is 4.80. The Morgan fingerprint density at radius 1 is 1.00 bits per heavy atom. The van der Waals surface area contributed by atoms with Crippen LogP contribution < -0.4 is 0 Å². The topological polar surface area (TPSA) is 54.4 Å². The van der Waals surface area contributed by atoms with Crippen molar-refractivity contribution < 1.29 is 17.5 Å². The van der Waals surface area contributed by atoms with Crippen molar-refractivity contribution in [3.05, 3.63) is 0 Å². The smallest absolute Gasteiger partial charge is 0.264 e. The van der Waals surface area contributed by atoms with Crippen LogP contribution in [-0.4, -0.2) is 51.4 Å². The van der Waals surface area contributed by atoms with E-state index < -0.39 is 10.1 Å². The normalized spacial score (nSPS) is 11.9. The molecule has 0 aliphatic heterocycles. The van der Waals surface area contributed by atoms with Crippen LogP contribution in [0.15, 0.2) is 0 Å². The van der Waals surface area contributed by atoms with Gasteiger partial charge >= 0.3 is 0 Å². The molecule has 0 spiro atoms. The summed E-state index contributed by atoms with van der Waals surface area (Å²) in [4.78, 5) is 0. The Morgan fingerprint density at radius 2 is 1.40 bits per heavy atom. The van der Waals surface area contributed by atoms with Gasteiger partial charge in [0.1, 0.15) is 0 Å². The lowest BCUT2D eigenvalue weighted by Crippen LogP contribution is -2.27. The number of unbranched alkanes of at least 4 members (excludes halogenated alkanes) is 3. The van der Waals surface area contributed by atoms with Crippen molar-refractivity contribution in [3.63, 3.8) is 0 Å². The van der Waals surface area contributed by atoms with Gasteiger partial charge in [-0.25, -0.2) is 0 Å². The highest BCUT2D eigenvalue weighted by Gasteiger charge is 2.01. The third-order valence-corrected chi connectivity index (χ3v) is 2.06. The van der Waals surface area contributed by atoms with Gasteiger partial charge in [0.2, 0.25) is 0 Å². The molecule has 0 saturated carbocycles. The largest absolute Gasteiger partial charge is 0.333 e. The molecule has 0 aromatic heterocycles. The van der Waals surface area contributed by atoms with E-state index in [1.807, 2.05) is 6.92 Å². The van der Waals surface area contributed by atoms with Crippen molar-refractivity contribution in [2.75, 3.05) is 33.9 Å². The van der Waals surface area contributed by atoms with Gasteiger partial charge in [0, 0.05) is 0 Å². The van der Waals surface area contributed by atoms with E-state index in [0.29, 0.717) is 6.42 Å².